The predicted molar refractivity (Wildman–Crippen MR) is 103 cm³/mol. The van der Waals surface area contributed by atoms with Crippen LogP contribution in [0, 0.1) is 0 Å². The number of nitrogens with zero attached hydrogens (tertiary/aromatic N) is 3. The van der Waals surface area contributed by atoms with Gasteiger partial charge in [0.05, 0.1) is 6.10 Å². The van der Waals surface area contributed by atoms with E-state index in [0.717, 1.165) is 44.7 Å². The number of nitrogens with two attached hydrogens (primary N) is 1. The molecule has 0 amide bonds. The van der Waals surface area contributed by atoms with Crippen molar-refractivity contribution in [2.45, 2.75) is 57.5 Å². The first-order chi connectivity index (χ1) is 12.4. The van der Waals surface area contributed by atoms with Gasteiger partial charge in [-0.05, 0) is 38.8 Å². The molecule has 9 heteroatoms. The summed E-state index contributed by atoms with van der Waals surface area (Å²) in [5.41, 5.74) is 0. The summed E-state index contributed by atoms with van der Waals surface area (Å²) in [6.45, 7) is 4.65. The lowest BCUT2D eigenvalue weighted by molar-refractivity contribution is 0.162. The van der Waals surface area contributed by atoms with Crippen molar-refractivity contribution in [1.29, 1.82) is 0 Å². The average molecular weight is 388 g/mol. The van der Waals surface area contributed by atoms with E-state index in [1.54, 1.807) is 0 Å². The second kappa shape index (κ2) is 10.9. The smallest absolute Gasteiger partial charge is 0.333 e. The summed E-state index contributed by atoms with van der Waals surface area (Å²) in [5, 5.41) is 8.07. The number of anilines is 1. The Labute approximate surface area is 157 Å². The Kier molecular flexibility index (Phi) is 8.83. The summed E-state index contributed by atoms with van der Waals surface area (Å²) >= 11 is 0. The van der Waals surface area contributed by atoms with E-state index >= 15 is 0 Å². The fraction of sp³-hybridized carbons (Fsp3) is 0.824. The van der Waals surface area contributed by atoms with E-state index in [0.29, 0.717) is 0 Å². The van der Waals surface area contributed by atoms with Gasteiger partial charge in [0.25, 0.3) is 0 Å². The van der Waals surface area contributed by atoms with Crippen LogP contribution in [-0.4, -0.2) is 55.2 Å². The standard InChI is InChI=1S/C11H20N4.C6H13NO3S/c1-14-9-5-12-11(14)13-6-10-15-7-3-2-4-8-15;7-11(8,9)10-6-4-2-1-3-5-6/h5,9H,2-4,6-8,10H2,1H3,(H,12,13);6H,1-5H2,(H2,7,8,9). The molecule has 0 radical (unpaired) electrons. The van der Waals surface area contributed by atoms with Crippen molar-refractivity contribution >= 4 is 16.3 Å². The lowest BCUT2D eigenvalue weighted by atomic mass is 9.98. The molecule has 8 nitrogen and oxygen atoms in total. The molecule has 0 aromatic carbocycles. The van der Waals surface area contributed by atoms with E-state index in [1.165, 1.54) is 38.8 Å². The Balaban J connectivity index is 0.000000197. The quantitative estimate of drug-likeness (QED) is 0.772. The number of nitrogens with one attached hydrogen (secondary N) is 1. The second-order valence-corrected chi connectivity index (χ2v) is 8.22. The van der Waals surface area contributed by atoms with Gasteiger partial charge in [0.15, 0.2) is 0 Å². The minimum absolute atomic E-state index is 0.168. The number of aromatic nitrogens is 2. The van der Waals surface area contributed by atoms with Crippen LogP contribution in [0.1, 0.15) is 51.4 Å². The molecule has 0 bridgehead atoms. The van der Waals surface area contributed by atoms with Crippen molar-refractivity contribution in [2.24, 2.45) is 12.2 Å². The molecule has 1 aromatic rings. The zero-order valence-corrected chi connectivity index (χ0v) is 16.6. The summed E-state index contributed by atoms with van der Waals surface area (Å²) in [6.07, 6.45) is 12.6. The molecule has 150 valence electrons. The number of imidazole rings is 1. The molecule has 0 spiro atoms. The van der Waals surface area contributed by atoms with Crippen LogP contribution in [0.5, 0.6) is 0 Å². The maximum absolute atomic E-state index is 10.5. The van der Waals surface area contributed by atoms with Crippen LogP contribution >= 0.6 is 0 Å². The minimum atomic E-state index is -3.72. The summed E-state index contributed by atoms with van der Waals surface area (Å²) in [7, 11) is -1.71. The van der Waals surface area contributed by atoms with Crippen molar-refractivity contribution in [3.63, 3.8) is 0 Å². The van der Waals surface area contributed by atoms with Gasteiger partial charge < -0.3 is 14.8 Å². The van der Waals surface area contributed by atoms with Crippen LogP contribution in [0.15, 0.2) is 12.4 Å². The van der Waals surface area contributed by atoms with E-state index in [2.05, 4.69) is 19.4 Å². The van der Waals surface area contributed by atoms with Gasteiger partial charge in [-0.25, -0.2) is 10.1 Å². The number of likely N-dealkylation sites (tertiary alicyclic amines) is 1. The van der Waals surface area contributed by atoms with Crippen LogP contribution in [0.2, 0.25) is 0 Å². The molecule has 0 unspecified atom stereocenters. The van der Waals surface area contributed by atoms with E-state index in [4.69, 9.17) is 5.14 Å². The molecule has 2 heterocycles. The van der Waals surface area contributed by atoms with Crippen LogP contribution in [0.25, 0.3) is 0 Å². The molecule has 0 atom stereocenters. The molecular weight excluding hydrogens is 354 g/mol. The van der Waals surface area contributed by atoms with Gasteiger partial charge in [0, 0.05) is 32.5 Å². The zero-order valence-electron chi connectivity index (χ0n) is 15.8. The Morgan fingerprint density at radius 3 is 2.42 bits per heavy atom. The number of rotatable bonds is 6. The first-order valence-electron chi connectivity index (χ1n) is 9.58. The first-order valence-corrected chi connectivity index (χ1v) is 11.1. The van der Waals surface area contributed by atoms with E-state index in [9.17, 15) is 8.42 Å². The van der Waals surface area contributed by atoms with Crippen molar-refractivity contribution < 1.29 is 12.6 Å². The lowest BCUT2D eigenvalue weighted by Gasteiger charge is -2.26. The number of piperidine rings is 1. The molecule has 1 saturated carbocycles. The molecule has 26 heavy (non-hydrogen) atoms. The Hall–Kier alpha value is -1.16. The lowest BCUT2D eigenvalue weighted by Crippen LogP contribution is -2.33. The Morgan fingerprint density at radius 2 is 1.85 bits per heavy atom. The van der Waals surface area contributed by atoms with Gasteiger partial charge in [0.2, 0.25) is 5.95 Å². The fourth-order valence-electron chi connectivity index (χ4n) is 3.40. The molecule has 2 aliphatic rings. The van der Waals surface area contributed by atoms with Crippen LogP contribution < -0.4 is 10.5 Å². The highest BCUT2D eigenvalue weighted by atomic mass is 32.2. The molecule has 1 saturated heterocycles. The minimum Gasteiger partial charge on any atom is -0.354 e. The molecule has 1 aliphatic carbocycles. The van der Waals surface area contributed by atoms with Crippen molar-refractivity contribution in [2.75, 3.05) is 31.5 Å². The molecule has 3 rings (SSSR count). The monoisotopic (exact) mass is 387 g/mol. The van der Waals surface area contributed by atoms with Gasteiger partial charge in [-0.15, -0.1) is 0 Å². The van der Waals surface area contributed by atoms with Crippen molar-refractivity contribution in [1.82, 2.24) is 14.5 Å². The number of hydrogen-bond acceptors (Lipinski definition) is 6. The normalized spacial score (nSPS) is 19.6. The van der Waals surface area contributed by atoms with Gasteiger partial charge >= 0.3 is 10.3 Å². The summed E-state index contributed by atoms with van der Waals surface area (Å²) in [5.74, 6) is 0.965. The first kappa shape index (κ1) is 21.1. The van der Waals surface area contributed by atoms with Gasteiger partial charge in [0.1, 0.15) is 0 Å². The molecule has 1 aliphatic heterocycles. The summed E-state index contributed by atoms with van der Waals surface area (Å²) in [4.78, 5) is 6.76. The van der Waals surface area contributed by atoms with Crippen LogP contribution in [-0.2, 0) is 21.5 Å². The predicted octanol–water partition coefficient (Wildman–Crippen LogP) is 1.86. The van der Waals surface area contributed by atoms with Crippen LogP contribution in [0.4, 0.5) is 5.95 Å². The maximum atomic E-state index is 10.5. The fourth-order valence-corrected chi connectivity index (χ4v) is 3.97. The number of hydrogen-bond donors (Lipinski definition) is 2. The Morgan fingerprint density at radius 1 is 1.19 bits per heavy atom. The van der Waals surface area contributed by atoms with Gasteiger partial charge in [-0.2, -0.15) is 8.42 Å². The largest absolute Gasteiger partial charge is 0.354 e. The van der Waals surface area contributed by atoms with E-state index < -0.39 is 10.3 Å². The van der Waals surface area contributed by atoms with Gasteiger partial charge in [-0.3, -0.25) is 4.18 Å². The maximum Gasteiger partial charge on any atom is 0.333 e. The summed E-state index contributed by atoms with van der Waals surface area (Å²) in [6, 6.07) is 0. The molecule has 1 aromatic heterocycles. The van der Waals surface area contributed by atoms with Gasteiger partial charge in [-0.1, -0.05) is 25.7 Å². The van der Waals surface area contributed by atoms with E-state index in [-0.39, 0.29) is 6.10 Å². The zero-order chi connectivity index (χ0) is 18.8. The SMILES string of the molecule is Cn1ccnc1NCCN1CCCCC1.NS(=O)(=O)OC1CCCCC1. The van der Waals surface area contributed by atoms with Crippen molar-refractivity contribution in [3.05, 3.63) is 12.4 Å². The third-order valence-corrected chi connectivity index (χ3v) is 5.34. The van der Waals surface area contributed by atoms with Crippen LogP contribution in [0.3, 0.4) is 0 Å². The topological polar surface area (TPSA) is 102 Å². The number of aryl methyl sites for hydroxylation is 1. The highest BCUT2D eigenvalue weighted by Crippen LogP contribution is 2.20. The average Bonchev–Trinajstić information content (AvgIpc) is 3.01. The highest BCUT2D eigenvalue weighted by Gasteiger charge is 2.18. The Bertz CT molecular complexity index is 608. The highest BCUT2D eigenvalue weighted by molar-refractivity contribution is 7.84. The van der Waals surface area contributed by atoms with E-state index in [1.807, 2.05) is 24.0 Å². The molecule has 3 N–H and O–H groups in total. The molecular formula is C17H33N5O3S. The second-order valence-electron chi connectivity index (χ2n) is 7.04. The summed E-state index contributed by atoms with van der Waals surface area (Å²) < 4.78 is 27.5. The third kappa shape index (κ3) is 8.48. The molecule has 2 fully saturated rings. The third-order valence-electron chi connectivity index (χ3n) is 4.80. The van der Waals surface area contributed by atoms with Crippen molar-refractivity contribution in [3.8, 4) is 0 Å².